The minimum Gasteiger partial charge on any atom is -0.378 e. The maximum absolute atomic E-state index is 5.43. The molecule has 0 unspecified atom stereocenters. The summed E-state index contributed by atoms with van der Waals surface area (Å²) in [7, 11) is 0. The van der Waals surface area contributed by atoms with Crippen LogP contribution in [0.2, 0.25) is 0 Å². The quantitative estimate of drug-likeness (QED) is 0.836. The molecule has 2 aromatic heterocycles. The van der Waals surface area contributed by atoms with Crippen LogP contribution < -0.4 is 14.7 Å². The fourth-order valence-corrected chi connectivity index (χ4v) is 3.31. The van der Waals surface area contributed by atoms with Gasteiger partial charge in [0.15, 0.2) is 0 Å². The van der Waals surface area contributed by atoms with Crippen LogP contribution in [0.3, 0.4) is 0 Å². The van der Waals surface area contributed by atoms with Crippen molar-refractivity contribution in [1.29, 1.82) is 0 Å². The van der Waals surface area contributed by atoms with Gasteiger partial charge in [0.25, 0.3) is 0 Å². The number of ether oxygens (including phenoxy) is 1. The lowest BCUT2D eigenvalue weighted by Crippen LogP contribution is -2.47. The second-order valence-electron chi connectivity index (χ2n) is 6.43. The number of rotatable bonds is 3. The Balaban J connectivity index is 1.46. The van der Waals surface area contributed by atoms with Gasteiger partial charge in [0.05, 0.1) is 13.2 Å². The van der Waals surface area contributed by atoms with Crippen LogP contribution in [0, 0.1) is 6.92 Å². The summed E-state index contributed by atoms with van der Waals surface area (Å²) in [5.74, 6) is 2.90. The van der Waals surface area contributed by atoms with Crippen LogP contribution in [-0.4, -0.2) is 67.4 Å². The highest BCUT2D eigenvalue weighted by atomic mass is 16.5. The molecule has 2 aliphatic rings. The summed E-state index contributed by atoms with van der Waals surface area (Å²) in [5.41, 5.74) is 1.01. The maximum atomic E-state index is 5.43. The van der Waals surface area contributed by atoms with E-state index in [1.165, 1.54) is 0 Å². The van der Waals surface area contributed by atoms with E-state index < -0.39 is 0 Å². The Labute approximate surface area is 148 Å². The Hall–Kier alpha value is -2.41. The van der Waals surface area contributed by atoms with E-state index in [-0.39, 0.29) is 0 Å². The number of piperazine rings is 1. The number of hydrogen-bond acceptors (Lipinski definition) is 7. The molecule has 25 heavy (non-hydrogen) atoms. The number of aromatic nitrogens is 3. The van der Waals surface area contributed by atoms with Crippen molar-refractivity contribution in [1.82, 2.24) is 15.0 Å². The first-order valence-electron chi connectivity index (χ1n) is 8.89. The smallest absolute Gasteiger partial charge is 0.227 e. The molecule has 0 atom stereocenters. The number of anilines is 3. The van der Waals surface area contributed by atoms with Crippen molar-refractivity contribution >= 4 is 17.6 Å². The lowest BCUT2D eigenvalue weighted by molar-refractivity contribution is 0.122. The van der Waals surface area contributed by atoms with Crippen molar-refractivity contribution in [2.75, 3.05) is 67.2 Å². The Bertz CT molecular complexity index is 696. The fourth-order valence-electron chi connectivity index (χ4n) is 3.31. The highest BCUT2D eigenvalue weighted by molar-refractivity contribution is 5.48. The van der Waals surface area contributed by atoms with Crippen molar-refractivity contribution in [3.05, 3.63) is 36.2 Å². The molecule has 0 N–H and O–H groups in total. The van der Waals surface area contributed by atoms with E-state index in [9.17, 15) is 0 Å². The summed E-state index contributed by atoms with van der Waals surface area (Å²) in [4.78, 5) is 20.8. The summed E-state index contributed by atoms with van der Waals surface area (Å²) < 4.78 is 5.43. The lowest BCUT2D eigenvalue weighted by atomic mass is 10.3. The van der Waals surface area contributed by atoms with Gasteiger partial charge in [-0.15, -0.1) is 0 Å². The maximum Gasteiger partial charge on any atom is 0.227 e. The van der Waals surface area contributed by atoms with Crippen LogP contribution in [0.5, 0.6) is 0 Å². The molecule has 0 radical (unpaired) electrons. The molecule has 0 spiro atoms. The Morgan fingerprint density at radius 3 is 2.24 bits per heavy atom. The number of morpholine rings is 1. The molecule has 0 aliphatic carbocycles. The molecule has 2 fully saturated rings. The van der Waals surface area contributed by atoms with Crippen LogP contribution >= 0.6 is 0 Å². The second kappa shape index (κ2) is 7.23. The molecule has 4 heterocycles. The second-order valence-corrected chi connectivity index (χ2v) is 6.43. The first kappa shape index (κ1) is 16.1. The highest BCUT2D eigenvalue weighted by Gasteiger charge is 2.21. The fraction of sp³-hybridized carbons (Fsp3) is 0.500. The van der Waals surface area contributed by atoms with Gasteiger partial charge in [-0.1, -0.05) is 6.07 Å². The van der Waals surface area contributed by atoms with E-state index in [1.54, 1.807) is 0 Å². The molecule has 7 heteroatoms. The molecular formula is C18H24N6O. The molecule has 0 amide bonds. The predicted octanol–water partition coefficient (Wildman–Crippen LogP) is 1.34. The zero-order valence-corrected chi connectivity index (χ0v) is 14.6. The highest BCUT2D eigenvalue weighted by Crippen LogP contribution is 2.21. The van der Waals surface area contributed by atoms with Gasteiger partial charge in [-0.2, -0.15) is 4.98 Å². The van der Waals surface area contributed by atoms with Gasteiger partial charge in [0.1, 0.15) is 11.6 Å². The van der Waals surface area contributed by atoms with E-state index >= 15 is 0 Å². The number of aryl methyl sites for hydroxylation is 1. The Morgan fingerprint density at radius 2 is 1.56 bits per heavy atom. The molecule has 2 aliphatic heterocycles. The summed E-state index contributed by atoms with van der Waals surface area (Å²) in [5, 5.41) is 0. The molecule has 0 saturated carbocycles. The normalized spacial score (nSPS) is 18.5. The third kappa shape index (κ3) is 3.66. The lowest BCUT2D eigenvalue weighted by Gasteiger charge is -2.36. The SMILES string of the molecule is Cc1cc(N2CCN(c3ccccn3)CC2)nc(N2CCOCC2)n1. The van der Waals surface area contributed by atoms with Gasteiger partial charge in [-0.05, 0) is 19.1 Å². The number of pyridine rings is 1. The molecule has 4 rings (SSSR count). The van der Waals surface area contributed by atoms with Crippen LogP contribution in [-0.2, 0) is 4.74 Å². The number of nitrogens with zero attached hydrogens (tertiary/aromatic N) is 6. The molecule has 0 aromatic carbocycles. The topological polar surface area (TPSA) is 57.6 Å². The molecule has 0 bridgehead atoms. The van der Waals surface area contributed by atoms with E-state index in [0.29, 0.717) is 0 Å². The average molecular weight is 340 g/mol. The van der Waals surface area contributed by atoms with Gasteiger partial charge in [-0.25, -0.2) is 9.97 Å². The monoisotopic (exact) mass is 340 g/mol. The summed E-state index contributed by atoms with van der Waals surface area (Å²) in [6.45, 7) is 9.03. The number of hydrogen-bond donors (Lipinski definition) is 0. The third-order valence-electron chi connectivity index (χ3n) is 4.70. The summed E-state index contributed by atoms with van der Waals surface area (Å²) in [6, 6.07) is 8.15. The van der Waals surface area contributed by atoms with E-state index in [1.807, 2.05) is 25.3 Å². The van der Waals surface area contributed by atoms with Crippen molar-refractivity contribution in [2.45, 2.75) is 6.92 Å². The van der Waals surface area contributed by atoms with Crippen molar-refractivity contribution in [2.24, 2.45) is 0 Å². The molecule has 2 saturated heterocycles. The molecular weight excluding hydrogens is 316 g/mol. The van der Waals surface area contributed by atoms with E-state index in [4.69, 9.17) is 9.72 Å². The molecule has 7 nitrogen and oxygen atoms in total. The minimum atomic E-state index is 0.745. The van der Waals surface area contributed by atoms with Crippen molar-refractivity contribution in [3.8, 4) is 0 Å². The zero-order chi connectivity index (χ0) is 17.1. The summed E-state index contributed by atoms with van der Waals surface area (Å²) in [6.07, 6.45) is 1.85. The van der Waals surface area contributed by atoms with E-state index in [0.717, 1.165) is 75.8 Å². The first-order valence-corrected chi connectivity index (χ1v) is 8.89. The zero-order valence-electron chi connectivity index (χ0n) is 14.6. The van der Waals surface area contributed by atoms with Crippen molar-refractivity contribution in [3.63, 3.8) is 0 Å². The van der Waals surface area contributed by atoms with Crippen LogP contribution in [0.15, 0.2) is 30.5 Å². The molecule has 2 aromatic rings. The largest absolute Gasteiger partial charge is 0.378 e. The Kier molecular flexibility index (Phi) is 4.65. The van der Waals surface area contributed by atoms with E-state index in [2.05, 4.69) is 36.8 Å². The van der Waals surface area contributed by atoms with Crippen LogP contribution in [0.25, 0.3) is 0 Å². The predicted molar refractivity (Wildman–Crippen MR) is 98.5 cm³/mol. The Morgan fingerprint density at radius 1 is 0.840 bits per heavy atom. The minimum absolute atomic E-state index is 0.745. The van der Waals surface area contributed by atoms with Gasteiger partial charge in [-0.3, -0.25) is 0 Å². The van der Waals surface area contributed by atoms with Gasteiger partial charge in [0, 0.05) is 57.2 Å². The summed E-state index contributed by atoms with van der Waals surface area (Å²) >= 11 is 0. The third-order valence-corrected chi connectivity index (χ3v) is 4.70. The van der Waals surface area contributed by atoms with Crippen LogP contribution in [0.4, 0.5) is 17.6 Å². The van der Waals surface area contributed by atoms with Gasteiger partial charge in [0.2, 0.25) is 5.95 Å². The van der Waals surface area contributed by atoms with Crippen LogP contribution in [0.1, 0.15) is 5.69 Å². The molecule has 132 valence electrons. The van der Waals surface area contributed by atoms with Gasteiger partial charge < -0.3 is 19.4 Å². The first-order chi connectivity index (χ1) is 12.3. The van der Waals surface area contributed by atoms with Crippen molar-refractivity contribution < 1.29 is 4.74 Å². The standard InChI is InChI=1S/C18H24N6O/c1-15-14-17(21-18(20-15)24-10-12-25-13-11-24)23-8-6-22(7-9-23)16-4-2-3-5-19-16/h2-5,14H,6-13H2,1H3. The van der Waals surface area contributed by atoms with Gasteiger partial charge >= 0.3 is 0 Å². The average Bonchev–Trinajstić information content (AvgIpc) is 2.69.